The second-order valence-corrected chi connectivity index (χ2v) is 5.35. The van der Waals surface area contributed by atoms with Crippen LogP contribution in [0.3, 0.4) is 0 Å². The number of carbonyl (C=O) groups excluding carboxylic acids is 1. The molecule has 0 heterocycles. The van der Waals surface area contributed by atoms with Crippen LogP contribution in [0, 0.1) is 0 Å². The van der Waals surface area contributed by atoms with Gasteiger partial charge in [-0.2, -0.15) is 0 Å². The van der Waals surface area contributed by atoms with Crippen LogP contribution in [0.4, 0.5) is 0 Å². The van der Waals surface area contributed by atoms with Crippen molar-refractivity contribution in [3.8, 4) is 5.75 Å². The first-order valence-corrected chi connectivity index (χ1v) is 7.68. The Morgan fingerprint density at radius 1 is 1.40 bits per heavy atom. The monoisotopic (exact) mass is 343 g/mol. The van der Waals surface area contributed by atoms with Gasteiger partial charge < -0.3 is 14.8 Å². The average molecular weight is 344 g/mol. The molecule has 1 unspecified atom stereocenters. The zero-order valence-electron chi connectivity index (χ0n) is 12.2. The molecule has 1 aromatic carbocycles. The largest absolute Gasteiger partial charge is 0.478 e. The molecule has 0 bridgehead atoms. The third-order valence-corrected chi connectivity index (χ3v) is 3.25. The zero-order valence-corrected chi connectivity index (χ0v) is 13.8. The summed E-state index contributed by atoms with van der Waals surface area (Å²) in [6.07, 6.45) is 0.964. The number of hydrogen-bond acceptors (Lipinski definition) is 4. The number of hydrogen-bond donors (Lipinski definition) is 1. The van der Waals surface area contributed by atoms with Gasteiger partial charge in [-0.25, -0.2) is 4.79 Å². The van der Waals surface area contributed by atoms with E-state index in [1.165, 1.54) is 0 Å². The van der Waals surface area contributed by atoms with Gasteiger partial charge in [0.25, 0.3) is 0 Å². The molecule has 0 aliphatic heterocycles. The molecule has 1 atom stereocenters. The molecule has 0 aliphatic carbocycles. The Bertz CT molecular complexity index is 437. The van der Waals surface area contributed by atoms with E-state index in [1.54, 1.807) is 6.92 Å². The topological polar surface area (TPSA) is 47.6 Å². The molecule has 0 aromatic heterocycles. The lowest BCUT2D eigenvalue weighted by Crippen LogP contribution is -2.29. The summed E-state index contributed by atoms with van der Waals surface area (Å²) in [5.74, 6) is 0.418. The molecule has 0 fully saturated rings. The summed E-state index contributed by atoms with van der Waals surface area (Å²) in [6.45, 7) is 4.86. The maximum absolute atomic E-state index is 11.9. The SMILES string of the molecule is CCCC(Oc1ccc(Br)cc1CNC)C(=O)OCC. The molecule has 0 spiro atoms. The van der Waals surface area contributed by atoms with Crippen LogP contribution in [0.1, 0.15) is 32.3 Å². The van der Waals surface area contributed by atoms with E-state index in [9.17, 15) is 4.79 Å². The third kappa shape index (κ3) is 5.13. The molecule has 1 aromatic rings. The number of nitrogens with one attached hydrogen (secondary N) is 1. The van der Waals surface area contributed by atoms with Gasteiger partial charge in [0, 0.05) is 16.6 Å². The van der Waals surface area contributed by atoms with Crippen molar-refractivity contribution in [3.05, 3.63) is 28.2 Å². The summed E-state index contributed by atoms with van der Waals surface area (Å²) >= 11 is 3.44. The molecule has 112 valence electrons. The van der Waals surface area contributed by atoms with Gasteiger partial charge in [-0.05, 0) is 38.6 Å². The van der Waals surface area contributed by atoms with Gasteiger partial charge in [0.15, 0.2) is 6.10 Å². The second kappa shape index (κ2) is 8.97. The van der Waals surface area contributed by atoms with Crippen LogP contribution in [-0.4, -0.2) is 25.7 Å². The van der Waals surface area contributed by atoms with E-state index in [4.69, 9.17) is 9.47 Å². The van der Waals surface area contributed by atoms with Crippen molar-refractivity contribution in [2.24, 2.45) is 0 Å². The third-order valence-electron chi connectivity index (χ3n) is 2.76. The zero-order chi connectivity index (χ0) is 15.0. The van der Waals surface area contributed by atoms with Crippen LogP contribution in [0.5, 0.6) is 5.75 Å². The summed E-state index contributed by atoms with van der Waals surface area (Å²) in [5.41, 5.74) is 1.01. The highest BCUT2D eigenvalue weighted by molar-refractivity contribution is 9.10. The Morgan fingerprint density at radius 2 is 2.15 bits per heavy atom. The predicted molar refractivity (Wildman–Crippen MR) is 82.9 cm³/mol. The van der Waals surface area contributed by atoms with Crippen molar-refractivity contribution in [3.63, 3.8) is 0 Å². The van der Waals surface area contributed by atoms with Crippen molar-refractivity contribution in [1.82, 2.24) is 5.32 Å². The maximum Gasteiger partial charge on any atom is 0.347 e. The molecule has 20 heavy (non-hydrogen) atoms. The fourth-order valence-electron chi connectivity index (χ4n) is 1.87. The van der Waals surface area contributed by atoms with Crippen molar-refractivity contribution < 1.29 is 14.3 Å². The average Bonchev–Trinajstić information content (AvgIpc) is 2.41. The first kappa shape index (κ1) is 17.0. The Morgan fingerprint density at radius 3 is 2.75 bits per heavy atom. The van der Waals surface area contributed by atoms with E-state index in [-0.39, 0.29) is 5.97 Å². The van der Waals surface area contributed by atoms with E-state index >= 15 is 0 Å². The lowest BCUT2D eigenvalue weighted by Gasteiger charge is -2.19. The minimum atomic E-state index is -0.545. The first-order chi connectivity index (χ1) is 9.62. The molecule has 0 aliphatic rings. The fraction of sp³-hybridized carbons (Fsp3) is 0.533. The van der Waals surface area contributed by atoms with E-state index in [0.717, 1.165) is 16.5 Å². The summed E-state index contributed by atoms with van der Waals surface area (Å²) in [7, 11) is 1.87. The normalized spacial score (nSPS) is 12.0. The Kier molecular flexibility index (Phi) is 7.62. The first-order valence-electron chi connectivity index (χ1n) is 6.88. The maximum atomic E-state index is 11.9. The molecule has 0 amide bonds. The highest BCUT2D eigenvalue weighted by Crippen LogP contribution is 2.25. The van der Waals surface area contributed by atoms with E-state index in [1.807, 2.05) is 32.2 Å². The van der Waals surface area contributed by atoms with Gasteiger partial charge in [0.2, 0.25) is 0 Å². The summed E-state index contributed by atoms with van der Waals surface area (Å²) < 4.78 is 11.9. The van der Waals surface area contributed by atoms with Gasteiger partial charge in [-0.1, -0.05) is 29.3 Å². The minimum Gasteiger partial charge on any atom is -0.478 e. The number of esters is 1. The van der Waals surface area contributed by atoms with E-state index in [0.29, 0.717) is 25.3 Å². The fourth-order valence-corrected chi connectivity index (χ4v) is 2.28. The van der Waals surface area contributed by atoms with Gasteiger partial charge in [0.05, 0.1) is 6.61 Å². The quantitative estimate of drug-likeness (QED) is 0.736. The van der Waals surface area contributed by atoms with Gasteiger partial charge >= 0.3 is 5.97 Å². The van der Waals surface area contributed by atoms with Crippen molar-refractivity contribution in [2.45, 2.75) is 39.3 Å². The number of halogens is 1. The van der Waals surface area contributed by atoms with Crippen molar-refractivity contribution in [2.75, 3.05) is 13.7 Å². The van der Waals surface area contributed by atoms with Crippen LogP contribution in [0.15, 0.2) is 22.7 Å². The van der Waals surface area contributed by atoms with Gasteiger partial charge in [0.1, 0.15) is 5.75 Å². The molecule has 5 heteroatoms. The highest BCUT2D eigenvalue weighted by Gasteiger charge is 2.21. The predicted octanol–water partition coefficient (Wildman–Crippen LogP) is 3.28. The number of carbonyl (C=O) groups is 1. The number of rotatable bonds is 8. The van der Waals surface area contributed by atoms with Crippen molar-refractivity contribution in [1.29, 1.82) is 0 Å². The van der Waals surface area contributed by atoms with Crippen LogP contribution >= 0.6 is 15.9 Å². The molecular formula is C15H22BrNO3. The molecule has 0 radical (unpaired) electrons. The standard InChI is InChI=1S/C15H22BrNO3/c1-4-6-14(15(18)19-5-2)20-13-8-7-12(16)9-11(13)10-17-3/h7-9,14,17H,4-6,10H2,1-3H3. The molecule has 0 saturated carbocycles. The van der Waals surface area contributed by atoms with E-state index in [2.05, 4.69) is 21.2 Å². The molecular weight excluding hydrogens is 322 g/mol. The van der Waals surface area contributed by atoms with Crippen LogP contribution < -0.4 is 10.1 Å². The summed E-state index contributed by atoms with van der Waals surface area (Å²) in [4.78, 5) is 11.9. The Hall–Kier alpha value is -1.07. The molecule has 0 saturated heterocycles. The smallest absolute Gasteiger partial charge is 0.347 e. The lowest BCUT2D eigenvalue weighted by atomic mass is 10.1. The van der Waals surface area contributed by atoms with Gasteiger partial charge in [-0.15, -0.1) is 0 Å². The van der Waals surface area contributed by atoms with Gasteiger partial charge in [-0.3, -0.25) is 0 Å². The molecule has 4 nitrogen and oxygen atoms in total. The van der Waals surface area contributed by atoms with Crippen LogP contribution in [0.25, 0.3) is 0 Å². The van der Waals surface area contributed by atoms with Crippen LogP contribution in [-0.2, 0) is 16.1 Å². The Balaban J connectivity index is 2.89. The highest BCUT2D eigenvalue weighted by atomic mass is 79.9. The molecule has 1 rings (SSSR count). The second-order valence-electron chi connectivity index (χ2n) is 4.43. The van der Waals surface area contributed by atoms with Crippen molar-refractivity contribution >= 4 is 21.9 Å². The summed E-state index contributed by atoms with van der Waals surface area (Å²) in [6, 6.07) is 5.77. The van der Waals surface area contributed by atoms with E-state index < -0.39 is 6.10 Å². The Labute approximate surface area is 129 Å². The molecule has 1 N–H and O–H groups in total. The number of ether oxygens (including phenoxy) is 2. The van der Waals surface area contributed by atoms with Crippen LogP contribution in [0.2, 0.25) is 0 Å². The number of benzene rings is 1. The lowest BCUT2D eigenvalue weighted by molar-refractivity contribution is -0.151. The summed E-state index contributed by atoms with van der Waals surface area (Å²) in [5, 5.41) is 3.09. The minimum absolute atomic E-state index is 0.298.